The van der Waals surface area contributed by atoms with Gasteiger partial charge in [-0.25, -0.2) is 0 Å². The van der Waals surface area contributed by atoms with Crippen LogP contribution in [0.4, 0.5) is 0 Å². The number of likely N-dealkylation sites (N-methyl/N-ethyl adjacent to an activating group) is 1. The molecule has 2 rings (SSSR count). The lowest BCUT2D eigenvalue weighted by Crippen LogP contribution is -2.59. The van der Waals surface area contributed by atoms with E-state index in [1.807, 2.05) is 31.1 Å². The zero-order valence-corrected chi connectivity index (χ0v) is 12.7. The number of halogens is 2. The maximum Gasteiger partial charge on any atom is 0.256 e. The Bertz CT molecular complexity index is 424. The van der Waals surface area contributed by atoms with Gasteiger partial charge in [0.05, 0.1) is 10.6 Å². The second-order valence-corrected chi connectivity index (χ2v) is 5.99. The largest absolute Gasteiger partial charge is 0.335 e. The summed E-state index contributed by atoms with van der Waals surface area (Å²) in [5, 5.41) is 0.537. The topological polar surface area (TPSA) is 23.6 Å². The van der Waals surface area contributed by atoms with Crippen molar-refractivity contribution in [1.82, 2.24) is 9.80 Å². The third-order valence-electron chi connectivity index (χ3n) is 3.06. The summed E-state index contributed by atoms with van der Waals surface area (Å²) in [6, 6.07) is 6.00. The number of benzene rings is 1. The zero-order valence-electron chi connectivity index (χ0n) is 9.78. The lowest BCUT2D eigenvalue weighted by Gasteiger charge is -2.42. The van der Waals surface area contributed by atoms with Crippen molar-refractivity contribution in [3.63, 3.8) is 0 Å². The van der Waals surface area contributed by atoms with Crippen molar-refractivity contribution in [2.24, 2.45) is 0 Å². The average molecular weight is 365 g/mol. The van der Waals surface area contributed by atoms with Gasteiger partial charge < -0.3 is 9.80 Å². The molecule has 1 amide bonds. The fourth-order valence-corrected chi connectivity index (χ4v) is 2.95. The van der Waals surface area contributed by atoms with E-state index >= 15 is 0 Å². The lowest BCUT2D eigenvalue weighted by molar-refractivity contribution is 0.0398. The Morgan fingerprint density at radius 2 is 2.12 bits per heavy atom. The monoisotopic (exact) mass is 364 g/mol. The van der Waals surface area contributed by atoms with Crippen molar-refractivity contribution in [1.29, 1.82) is 0 Å². The summed E-state index contributed by atoms with van der Waals surface area (Å²) in [6.45, 7) is 1.57. The van der Waals surface area contributed by atoms with E-state index in [1.165, 1.54) is 0 Å². The van der Waals surface area contributed by atoms with Crippen molar-refractivity contribution in [3.05, 3.63) is 32.4 Å². The van der Waals surface area contributed by atoms with Gasteiger partial charge in [-0.2, -0.15) is 0 Å². The van der Waals surface area contributed by atoms with Crippen LogP contribution < -0.4 is 0 Å². The summed E-state index contributed by atoms with van der Waals surface area (Å²) in [6.07, 6.45) is 0. The number of carbonyl (C=O) groups is 1. The van der Waals surface area contributed by atoms with Crippen LogP contribution in [0.2, 0.25) is 5.02 Å². The molecule has 92 valence electrons. The van der Waals surface area contributed by atoms with Crippen LogP contribution in [0.3, 0.4) is 0 Å². The molecule has 17 heavy (non-hydrogen) atoms. The molecule has 0 spiro atoms. The number of hydrogen-bond acceptors (Lipinski definition) is 2. The fourth-order valence-electron chi connectivity index (χ4n) is 1.81. The van der Waals surface area contributed by atoms with E-state index in [0.29, 0.717) is 16.6 Å². The fraction of sp³-hybridized carbons (Fsp3) is 0.417. The van der Waals surface area contributed by atoms with Crippen LogP contribution in [0.15, 0.2) is 18.2 Å². The SMILES string of the molecule is CN(C)C1CN(C(=O)c2c(Cl)cccc2I)C1. The molecule has 3 nitrogen and oxygen atoms in total. The first-order chi connectivity index (χ1) is 8.00. The Morgan fingerprint density at radius 1 is 1.47 bits per heavy atom. The molecule has 0 unspecified atom stereocenters. The molecular weight excluding hydrogens is 351 g/mol. The Balaban J connectivity index is 2.12. The predicted molar refractivity (Wildman–Crippen MR) is 77.5 cm³/mol. The predicted octanol–water partition coefficient (Wildman–Crippen LogP) is 2.33. The first-order valence-corrected chi connectivity index (χ1v) is 6.86. The van der Waals surface area contributed by atoms with Crippen LogP contribution in [0.25, 0.3) is 0 Å². The maximum absolute atomic E-state index is 12.3. The van der Waals surface area contributed by atoms with Crippen LogP contribution in [-0.2, 0) is 0 Å². The lowest BCUT2D eigenvalue weighted by atomic mass is 10.1. The van der Waals surface area contributed by atoms with E-state index in [2.05, 4.69) is 27.5 Å². The van der Waals surface area contributed by atoms with Crippen LogP contribution in [0.1, 0.15) is 10.4 Å². The van der Waals surface area contributed by atoms with Gasteiger partial charge in [-0.1, -0.05) is 17.7 Å². The van der Waals surface area contributed by atoms with Crippen molar-refractivity contribution < 1.29 is 4.79 Å². The summed E-state index contributed by atoms with van der Waals surface area (Å²) in [4.78, 5) is 16.2. The molecule has 0 radical (unpaired) electrons. The number of rotatable bonds is 2. The highest BCUT2D eigenvalue weighted by atomic mass is 127. The van der Waals surface area contributed by atoms with Gasteiger partial charge in [0.1, 0.15) is 0 Å². The highest BCUT2D eigenvalue weighted by Gasteiger charge is 2.33. The van der Waals surface area contributed by atoms with Crippen LogP contribution in [0.5, 0.6) is 0 Å². The van der Waals surface area contributed by atoms with Gasteiger partial charge in [0.25, 0.3) is 5.91 Å². The van der Waals surface area contributed by atoms with Gasteiger partial charge in [-0.05, 0) is 48.8 Å². The van der Waals surface area contributed by atoms with E-state index in [9.17, 15) is 4.79 Å². The molecule has 0 saturated carbocycles. The smallest absolute Gasteiger partial charge is 0.256 e. The maximum atomic E-state index is 12.3. The minimum atomic E-state index is 0.0399. The highest BCUT2D eigenvalue weighted by molar-refractivity contribution is 14.1. The van der Waals surface area contributed by atoms with Gasteiger partial charge in [0, 0.05) is 22.7 Å². The first kappa shape index (κ1) is 13.1. The quantitative estimate of drug-likeness (QED) is 0.752. The average Bonchev–Trinajstić information content (AvgIpc) is 2.13. The normalized spacial score (nSPS) is 16.2. The number of nitrogens with zero attached hydrogens (tertiary/aromatic N) is 2. The van der Waals surface area contributed by atoms with E-state index in [4.69, 9.17) is 11.6 Å². The molecule has 1 fully saturated rings. The summed E-state index contributed by atoms with van der Waals surface area (Å²) < 4.78 is 0.911. The second kappa shape index (κ2) is 5.12. The molecule has 1 heterocycles. The Kier molecular flexibility index (Phi) is 3.95. The standard InChI is InChI=1S/C12H14ClIN2O/c1-15(2)8-6-16(7-8)12(17)11-9(13)4-3-5-10(11)14/h3-5,8H,6-7H2,1-2H3. The summed E-state index contributed by atoms with van der Waals surface area (Å²) in [5.41, 5.74) is 0.631. The van der Waals surface area contributed by atoms with Gasteiger partial charge in [-0.3, -0.25) is 4.79 Å². The summed E-state index contributed by atoms with van der Waals surface area (Å²) in [5.74, 6) is 0.0399. The molecule has 0 N–H and O–H groups in total. The van der Waals surface area contributed by atoms with Crippen molar-refractivity contribution >= 4 is 40.1 Å². The van der Waals surface area contributed by atoms with Crippen molar-refractivity contribution in [2.45, 2.75) is 6.04 Å². The van der Waals surface area contributed by atoms with Crippen molar-refractivity contribution in [2.75, 3.05) is 27.2 Å². The molecule has 1 saturated heterocycles. The molecule has 0 atom stereocenters. The molecule has 1 aromatic rings. The first-order valence-electron chi connectivity index (χ1n) is 5.40. The molecule has 1 aliphatic heterocycles. The summed E-state index contributed by atoms with van der Waals surface area (Å²) in [7, 11) is 4.07. The molecule has 1 aromatic carbocycles. The molecule has 0 aliphatic carbocycles. The van der Waals surface area contributed by atoms with E-state index in [-0.39, 0.29) is 5.91 Å². The molecule has 5 heteroatoms. The Hall–Kier alpha value is -0.330. The Morgan fingerprint density at radius 3 is 2.65 bits per heavy atom. The third kappa shape index (κ3) is 2.58. The number of likely N-dealkylation sites (tertiary alicyclic amines) is 1. The van der Waals surface area contributed by atoms with E-state index < -0.39 is 0 Å². The Labute approximate surface area is 120 Å². The van der Waals surface area contributed by atoms with Crippen molar-refractivity contribution in [3.8, 4) is 0 Å². The van der Waals surface area contributed by atoms with E-state index in [1.54, 1.807) is 6.07 Å². The number of amides is 1. The van der Waals surface area contributed by atoms with Crippen LogP contribution >= 0.6 is 34.2 Å². The van der Waals surface area contributed by atoms with Gasteiger partial charge in [0.2, 0.25) is 0 Å². The number of hydrogen-bond donors (Lipinski definition) is 0. The highest BCUT2D eigenvalue weighted by Crippen LogP contribution is 2.25. The van der Waals surface area contributed by atoms with Gasteiger partial charge in [-0.15, -0.1) is 0 Å². The molecule has 0 aromatic heterocycles. The van der Waals surface area contributed by atoms with Gasteiger partial charge >= 0.3 is 0 Å². The summed E-state index contributed by atoms with van der Waals surface area (Å²) >= 11 is 8.24. The molecule has 0 bridgehead atoms. The molecular formula is C12H14ClIN2O. The van der Waals surface area contributed by atoms with E-state index in [0.717, 1.165) is 16.7 Å². The zero-order chi connectivity index (χ0) is 12.6. The minimum Gasteiger partial charge on any atom is -0.335 e. The third-order valence-corrected chi connectivity index (χ3v) is 4.27. The van der Waals surface area contributed by atoms with Crippen LogP contribution in [-0.4, -0.2) is 48.9 Å². The van der Waals surface area contributed by atoms with Crippen LogP contribution in [0, 0.1) is 3.57 Å². The minimum absolute atomic E-state index is 0.0399. The van der Waals surface area contributed by atoms with Gasteiger partial charge in [0.15, 0.2) is 0 Å². The number of carbonyl (C=O) groups excluding carboxylic acids is 1. The molecule has 1 aliphatic rings. The second-order valence-electron chi connectivity index (χ2n) is 4.42.